The number of amides is 2. The van der Waals surface area contributed by atoms with Crippen molar-refractivity contribution in [2.24, 2.45) is 11.8 Å². The highest BCUT2D eigenvalue weighted by atomic mass is 16.3. The number of carbonyl (C=O) groups excluding carboxylic acids is 2. The number of hydrogen-bond donors (Lipinski definition) is 2. The van der Waals surface area contributed by atoms with Crippen LogP contribution >= 0.6 is 0 Å². The fourth-order valence-corrected chi connectivity index (χ4v) is 2.32. The lowest BCUT2D eigenvalue weighted by molar-refractivity contribution is -0.138. The molecule has 5 nitrogen and oxygen atoms in total. The molecular formula is C14H26N2O3. The molecule has 0 aromatic heterocycles. The Bertz CT molecular complexity index is 297. The molecule has 1 heterocycles. The minimum atomic E-state index is 0.0314. The first-order valence-electron chi connectivity index (χ1n) is 7.23. The summed E-state index contributed by atoms with van der Waals surface area (Å²) < 4.78 is 0. The molecule has 0 spiro atoms. The molecule has 0 aliphatic carbocycles. The zero-order valence-corrected chi connectivity index (χ0v) is 12.0. The van der Waals surface area contributed by atoms with Crippen LogP contribution in [0.25, 0.3) is 0 Å². The van der Waals surface area contributed by atoms with Crippen LogP contribution in [0.15, 0.2) is 0 Å². The lowest BCUT2D eigenvalue weighted by atomic mass is 9.95. The Balaban J connectivity index is 2.25. The minimum Gasteiger partial charge on any atom is -0.396 e. The molecule has 1 rings (SSSR count). The minimum absolute atomic E-state index is 0.0314. The van der Waals surface area contributed by atoms with Gasteiger partial charge in [0.25, 0.3) is 0 Å². The Labute approximate surface area is 115 Å². The number of aliphatic hydroxyl groups excluding tert-OH is 1. The topological polar surface area (TPSA) is 69.6 Å². The van der Waals surface area contributed by atoms with Crippen molar-refractivity contribution in [2.75, 3.05) is 26.2 Å². The summed E-state index contributed by atoms with van der Waals surface area (Å²) in [5, 5.41) is 11.6. The van der Waals surface area contributed by atoms with Gasteiger partial charge in [0.2, 0.25) is 11.8 Å². The van der Waals surface area contributed by atoms with Crippen LogP contribution in [0.3, 0.4) is 0 Å². The number of nitrogens with zero attached hydrogens (tertiary/aromatic N) is 1. The highest BCUT2D eigenvalue weighted by Crippen LogP contribution is 2.18. The van der Waals surface area contributed by atoms with E-state index in [4.69, 9.17) is 5.11 Å². The number of likely N-dealkylation sites (tertiary alicyclic amines) is 1. The normalized spacial score (nSPS) is 16.7. The molecule has 19 heavy (non-hydrogen) atoms. The molecule has 1 saturated heterocycles. The van der Waals surface area contributed by atoms with E-state index >= 15 is 0 Å². The van der Waals surface area contributed by atoms with Crippen LogP contribution in [0.4, 0.5) is 0 Å². The Morgan fingerprint density at radius 3 is 2.42 bits per heavy atom. The van der Waals surface area contributed by atoms with Crippen LogP contribution < -0.4 is 5.32 Å². The van der Waals surface area contributed by atoms with Gasteiger partial charge >= 0.3 is 0 Å². The lowest BCUT2D eigenvalue weighted by Crippen LogP contribution is -2.44. The quantitative estimate of drug-likeness (QED) is 0.700. The maximum atomic E-state index is 11.9. The maximum Gasteiger partial charge on any atom is 0.225 e. The van der Waals surface area contributed by atoms with Crippen LogP contribution in [0.2, 0.25) is 0 Å². The van der Waals surface area contributed by atoms with E-state index in [1.807, 2.05) is 18.7 Å². The SMILES string of the molecule is CC(C)C(=O)N1CCC(C(=O)NCCCCO)CC1. The third-order valence-electron chi connectivity index (χ3n) is 3.56. The molecule has 0 aromatic rings. The molecule has 0 radical (unpaired) electrons. The van der Waals surface area contributed by atoms with Crippen molar-refractivity contribution in [1.82, 2.24) is 10.2 Å². The Kier molecular flexibility index (Phi) is 6.84. The van der Waals surface area contributed by atoms with E-state index in [9.17, 15) is 9.59 Å². The average Bonchev–Trinajstić information content (AvgIpc) is 2.42. The van der Waals surface area contributed by atoms with Gasteiger partial charge in [-0.15, -0.1) is 0 Å². The number of rotatable bonds is 6. The third kappa shape index (κ3) is 5.19. The molecule has 0 aromatic carbocycles. The molecule has 1 aliphatic heterocycles. The number of hydrogen-bond acceptors (Lipinski definition) is 3. The van der Waals surface area contributed by atoms with E-state index in [1.165, 1.54) is 0 Å². The summed E-state index contributed by atoms with van der Waals surface area (Å²) in [5.41, 5.74) is 0. The van der Waals surface area contributed by atoms with Crippen LogP contribution in [-0.2, 0) is 9.59 Å². The van der Waals surface area contributed by atoms with Crippen molar-refractivity contribution >= 4 is 11.8 Å². The van der Waals surface area contributed by atoms with Crippen molar-refractivity contribution in [3.05, 3.63) is 0 Å². The van der Waals surface area contributed by atoms with E-state index in [2.05, 4.69) is 5.32 Å². The van der Waals surface area contributed by atoms with Crippen molar-refractivity contribution in [1.29, 1.82) is 0 Å². The fourth-order valence-electron chi connectivity index (χ4n) is 2.32. The molecule has 110 valence electrons. The predicted molar refractivity (Wildman–Crippen MR) is 73.5 cm³/mol. The van der Waals surface area contributed by atoms with Gasteiger partial charge in [-0.1, -0.05) is 13.8 Å². The third-order valence-corrected chi connectivity index (χ3v) is 3.56. The van der Waals surface area contributed by atoms with E-state index in [1.54, 1.807) is 0 Å². The first-order valence-corrected chi connectivity index (χ1v) is 7.23. The van der Waals surface area contributed by atoms with Gasteiger partial charge in [0.15, 0.2) is 0 Å². The summed E-state index contributed by atoms with van der Waals surface area (Å²) in [7, 11) is 0. The lowest BCUT2D eigenvalue weighted by Gasteiger charge is -2.32. The number of nitrogens with one attached hydrogen (secondary N) is 1. The molecular weight excluding hydrogens is 244 g/mol. The molecule has 0 bridgehead atoms. The van der Waals surface area contributed by atoms with Gasteiger partial charge in [-0.05, 0) is 25.7 Å². The fraction of sp³-hybridized carbons (Fsp3) is 0.857. The summed E-state index contributed by atoms with van der Waals surface area (Å²) in [6.07, 6.45) is 3.04. The van der Waals surface area contributed by atoms with Crippen molar-refractivity contribution in [3.63, 3.8) is 0 Å². The largest absolute Gasteiger partial charge is 0.396 e. The van der Waals surface area contributed by atoms with Gasteiger partial charge in [-0.3, -0.25) is 9.59 Å². The van der Waals surface area contributed by atoms with Gasteiger partial charge in [0, 0.05) is 38.1 Å². The van der Waals surface area contributed by atoms with Gasteiger partial charge in [0.05, 0.1) is 0 Å². The zero-order valence-electron chi connectivity index (χ0n) is 12.0. The van der Waals surface area contributed by atoms with Crippen molar-refractivity contribution < 1.29 is 14.7 Å². The first-order chi connectivity index (χ1) is 9.06. The summed E-state index contributed by atoms with van der Waals surface area (Å²) in [5.74, 6) is 0.339. The second-order valence-electron chi connectivity index (χ2n) is 5.48. The number of aliphatic hydroxyl groups is 1. The zero-order chi connectivity index (χ0) is 14.3. The van der Waals surface area contributed by atoms with E-state index in [-0.39, 0.29) is 30.3 Å². The maximum absolute atomic E-state index is 11.9. The first kappa shape index (κ1) is 16.0. The Morgan fingerprint density at radius 2 is 1.89 bits per heavy atom. The highest BCUT2D eigenvalue weighted by Gasteiger charge is 2.27. The molecule has 2 N–H and O–H groups in total. The summed E-state index contributed by atoms with van der Waals surface area (Å²) >= 11 is 0. The summed E-state index contributed by atoms with van der Waals surface area (Å²) in [4.78, 5) is 25.6. The van der Waals surface area contributed by atoms with Gasteiger partial charge in [-0.2, -0.15) is 0 Å². The van der Waals surface area contributed by atoms with Crippen LogP contribution in [0.1, 0.15) is 39.5 Å². The highest BCUT2D eigenvalue weighted by molar-refractivity contribution is 5.80. The Morgan fingerprint density at radius 1 is 1.26 bits per heavy atom. The average molecular weight is 270 g/mol. The van der Waals surface area contributed by atoms with Crippen molar-refractivity contribution in [2.45, 2.75) is 39.5 Å². The predicted octanol–water partition coefficient (Wildman–Crippen LogP) is 0.770. The van der Waals surface area contributed by atoms with Gasteiger partial charge in [0.1, 0.15) is 0 Å². The summed E-state index contributed by atoms with van der Waals surface area (Å²) in [6, 6.07) is 0. The van der Waals surface area contributed by atoms with Gasteiger partial charge in [-0.25, -0.2) is 0 Å². The molecule has 1 aliphatic rings. The van der Waals surface area contributed by atoms with E-state index < -0.39 is 0 Å². The van der Waals surface area contributed by atoms with Crippen LogP contribution in [0.5, 0.6) is 0 Å². The van der Waals surface area contributed by atoms with Crippen LogP contribution in [0, 0.1) is 11.8 Å². The standard InChI is InChI=1S/C14H26N2O3/c1-11(2)14(19)16-8-5-12(6-9-16)13(18)15-7-3-4-10-17/h11-12,17H,3-10H2,1-2H3,(H,15,18). The number of unbranched alkanes of at least 4 members (excludes halogenated alkanes) is 1. The van der Waals surface area contributed by atoms with Crippen LogP contribution in [-0.4, -0.2) is 48.1 Å². The molecule has 1 fully saturated rings. The Hall–Kier alpha value is -1.10. The molecule has 0 atom stereocenters. The van der Waals surface area contributed by atoms with E-state index in [0.717, 1.165) is 25.7 Å². The molecule has 2 amide bonds. The second-order valence-corrected chi connectivity index (χ2v) is 5.48. The molecule has 0 saturated carbocycles. The van der Waals surface area contributed by atoms with E-state index in [0.29, 0.717) is 19.6 Å². The molecule has 5 heteroatoms. The van der Waals surface area contributed by atoms with Crippen molar-refractivity contribution in [3.8, 4) is 0 Å². The number of carbonyl (C=O) groups is 2. The smallest absolute Gasteiger partial charge is 0.225 e. The number of piperidine rings is 1. The second kappa shape index (κ2) is 8.15. The summed E-state index contributed by atoms with van der Waals surface area (Å²) in [6.45, 7) is 5.98. The van der Waals surface area contributed by atoms with Gasteiger partial charge < -0.3 is 15.3 Å². The molecule has 0 unspecified atom stereocenters. The monoisotopic (exact) mass is 270 g/mol.